The Morgan fingerprint density at radius 2 is 1.80 bits per heavy atom. The Hall–Kier alpha value is -3.82. The van der Waals surface area contributed by atoms with Gasteiger partial charge in [-0.15, -0.1) is 0 Å². The number of anilines is 1. The van der Waals surface area contributed by atoms with Gasteiger partial charge in [-0.1, -0.05) is 35.1 Å². The minimum absolute atomic E-state index is 0.0391. The van der Waals surface area contributed by atoms with E-state index in [0.29, 0.717) is 30.8 Å². The Morgan fingerprint density at radius 1 is 1.05 bits per heavy atom. The van der Waals surface area contributed by atoms with Gasteiger partial charge in [0.15, 0.2) is 0 Å². The summed E-state index contributed by atoms with van der Waals surface area (Å²) >= 11 is 0. The van der Waals surface area contributed by atoms with Crippen LogP contribution in [0.5, 0.6) is 0 Å². The highest BCUT2D eigenvalue weighted by molar-refractivity contribution is 5.83. The van der Waals surface area contributed by atoms with E-state index < -0.39 is 22.7 Å². The van der Waals surface area contributed by atoms with Crippen LogP contribution in [0.15, 0.2) is 52.1 Å². The van der Waals surface area contributed by atoms with Crippen molar-refractivity contribution in [3.63, 3.8) is 0 Å². The highest BCUT2D eigenvalue weighted by Crippen LogP contribution is 2.39. The number of nitrogens with zero attached hydrogens (tertiary/aromatic N) is 4. The molecule has 1 aliphatic carbocycles. The molecule has 2 aromatic carbocycles. The van der Waals surface area contributed by atoms with E-state index in [-0.39, 0.29) is 36.1 Å². The fourth-order valence-electron chi connectivity index (χ4n) is 6.00. The van der Waals surface area contributed by atoms with Gasteiger partial charge in [0.05, 0.1) is 22.6 Å². The molecule has 1 amide bonds. The fourth-order valence-corrected chi connectivity index (χ4v) is 6.00. The van der Waals surface area contributed by atoms with Gasteiger partial charge in [0.2, 0.25) is 0 Å². The van der Waals surface area contributed by atoms with Crippen molar-refractivity contribution in [2.45, 2.75) is 70.7 Å². The van der Waals surface area contributed by atoms with Crippen molar-refractivity contribution < 1.29 is 18.8 Å². The molecule has 2 saturated heterocycles. The summed E-state index contributed by atoms with van der Waals surface area (Å²) in [6, 6.07) is 11.9. The highest BCUT2D eigenvalue weighted by Gasteiger charge is 2.43. The van der Waals surface area contributed by atoms with E-state index in [1.807, 2.05) is 56.0 Å². The SMILES string of the molecule is CC(C)(C)OC(=O)N1CCC[C@@H]2CN(c3cc4c(cc3F)c(=O)n(OCc3ccccc3)c(=O)n4C3CC3)C[C@@H]21. The quantitative estimate of drug-likeness (QED) is 0.476. The standard InChI is InChI=1S/C30H35FN4O5/c1-30(2,3)40-29(38)33-13-7-10-20-16-32(17-26(20)33)25-15-24-22(14-23(25)31)27(36)35(28(37)34(24)21-11-12-21)39-18-19-8-5-4-6-9-19/h4-6,8-9,14-15,20-21,26H,7,10-13,16-18H2,1-3H3/t20-,26+/m1/s1. The van der Waals surface area contributed by atoms with Gasteiger partial charge < -0.3 is 19.4 Å². The van der Waals surface area contributed by atoms with Crippen molar-refractivity contribution in [1.29, 1.82) is 0 Å². The van der Waals surface area contributed by atoms with Crippen molar-refractivity contribution in [3.8, 4) is 0 Å². The first-order valence-corrected chi connectivity index (χ1v) is 14.0. The number of likely N-dealkylation sites (tertiary alicyclic amines) is 1. The van der Waals surface area contributed by atoms with Crippen molar-refractivity contribution in [3.05, 3.63) is 74.7 Å². The summed E-state index contributed by atoms with van der Waals surface area (Å²) in [5.41, 5.74) is -0.278. The molecule has 2 atom stereocenters. The molecule has 0 bridgehead atoms. The third kappa shape index (κ3) is 4.95. The van der Waals surface area contributed by atoms with Crippen LogP contribution < -0.4 is 21.0 Å². The zero-order valence-corrected chi connectivity index (χ0v) is 23.1. The molecule has 3 aromatic rings. The zero-order valence-electron chi connectivity index (χ0n) is 23.1. The van der Waals surface area contributed by atoms with E-state index >= 15 is 4.39 Å². The molecule has 10 heteroatoms. The molecule has 2 aliphatic heterocycles. The monoisotopic (exact) mass is 550 g/mol. The van der Waals surface area contributed by atoms with Crippen LogP contribution in [0.25, 0.3) is 10.9 Å². The van der Waals surface area contributed by atoms with Crippen LogP contribution in [0.4, 0.5) is 14.9 Å². The number of carbonyl (C=O) groups is 1. The number of ether oxygens (including phenoxy) is 1. The van der Waals surface area contributed by atoms with Gasteiger partial charge in [0.25, 0.3) is 5.56 Å². The summed E-state index contributed by atoms with van der Waals surface area (Å²) in [7, 11) is 0. The lowest BCUT2D eigenvalue weighted by atomic mass is 9.92. The minimum atomic E-state index is -0.676. The predicted molar refractivity (Wildman–Crippen MR) is 149 cm³/mol. The Morgan fingerprint density at radius 3 is 2.50 bits per heavy atom. The van der Waals surface area contributed by atoms with Gasteiger partial charge in [-0.2, -0.15) is 0 Å². The van der Waals surface area contributed by atoms with E-state index in [2.05, 4.69) is 0 Å². The van der Waals surface area contributed by atoms with E-state index in [1.165, 1.54) is 6.07 Å². The maximum absolute atomic E-state index is 15.7. The molecule has 9 nitrogen and oxygen atoms in total. The molecule has 3 fully saturated rings. The summed E-state index contributed by atoms with van der Waals surface area (Å²) in [6.45, 7) is 7.22. The first-order chi connectivity index (χ1) is 19.1. The molecular weight excluding hydrogens is 515 g/mol. The highest BCUT2D eigenvalue weighted by atomic mass is 19.1. The normalized spacial score (nSPS) is 21.0. The van der Waals surface area contributed by atoms with Crippen LogP contribution in [0, 0.1) is 11.7 Å². The number of aromatic nitrogens is 2. The number of carbonyl (C=O) groups excluding carboxylic acids is 1. The lowest BCUT2D eigenvalue weighted by Crippen LogP contribution is -2.50. The first-order valence-electron chi connectivity index (χ1n) is 14.0. The van der Waals surface area contributed by atoms with Crippen LogP contribution in [0.2, 0.25) is 0 Å². The largest absolute Gasteiger partial charge is 0.444 e. The maximum atomic E-state index is 15.7. The van der Waals surface area contributed by atoms with E-state index in [1.54, 1.807) is 15.5 Å². The van der Waals surface area contributed by atoms with Crippen LogP contribution in [0.1, 0.15) is 58.1 Å². The van der Waals surface area contributed by atoms with Gasteiger partial charge >= 0.3 is 11.8 Å². The molecule has 0 radical (unpaired) electrons. The lowest BCUT2D eigenvalue weighted by Gasteiger charge is -2.37. The molecule has 0 unspecified atom stereocenters. The minimum Gasteiger partial charge on any atom is -0.444 e. The Kier molecular flexibility index (Phi) is 6.59. The molecule has 0 spiro atoms. The number of benzene rings is 2. The second kappa shape index (κ2) is 9.98. The summed E-state index contributed by atoms with van der Waals surface area (Å²) in [4.78, 5) is 49.2. The molecule has 3 heterocycles. The smallest absolute Gasteiger partial charge is 0.410 e. The van der Waals surface area contributed by atoms with E-state index in [0.717, 1.165) is 36.0 Å². The summed E-state index contributed by atoms with van der Waals surface area (Å²) in [5.74, 6) is -0.357. The van der Waals surface area contributed by atoms with Crippen LogP contribution in [-0.2, 0) is 11.3 Å². The second-order valence-electron chi connectivity index (χ2n) is 12.1. The number of hydrogen-bond donors (Lipinski definition) is 0. The van der Waals surface area contributed by atoms with Gasteiger partial charge in [0, 0.05) is 25.7 Å². The van der Waals surface area contributed by atoms with Crippen LogP contribution in [-0.4, -0.2) is 51.6 Å². The van der Waals surface area contributed by atoms with Gasteiger partial charge in [0.1, 0.15) is 18.0 Å². The fraction of sp³-hybridized carbons (Fsp3) is 0.500. The Balaban J connectivity index is 1.34. The van der Waals surface area contributed by atoms with Crippen molar-refractivity contribution >= 4 is 22.7 Å². The first kappa shape index (κ1) is 26.4. The number of rotatable bonds is 5. The van der Waals surface area contributed by atoms with Gasteiger partial charge in [-0.25, -0.2) is 14.0 Å². The lowest BCUT2D eigenvalue weighted by molar-refractivity contribution is 0.00669. The number of amides is 1. The van der Waals surface area contributed by atoms with Gasteiger partial charge in [-0.05, 0) is 70.1 Å². The average molecular weight is 551 g/mol. The molecule has 0 N–H and O–H groups in total. The number of fused-ring (bicyclic) bond motifs is 2. The van der Waals surface area contributed by atoms with Crippen molar-refractivity contribution in [1.82, 2.24) is 14.2 Å². The predicted octanol–water partition coefficient (Wildman–Crippen LogP) is 4.10. The van der Waals surface area contributed by atoms with Crippen LogP contribution >= 0.6 is 0 Å². The third-order valence-corrected chi connectivity index (χ3v) is 7.98. The molecular formula is C30H35FN4O5. The van der Waals surface area contributed by atoms with Gasteiger partial charge in [-0.3, -0.25) is 9.36 Å². The van der Waals surface area contributed by atoms with E-state index in [9.17, 15) is 14.4 Å². The number of piperidine rings is 1. The maximum Gasteiger partial charge on any atom is 0.410 e. The summed E-state index contributed by atoms with van der Waals surface area (Å²) in [5, 5.41) is 0.104. The molecule has 1 saturated carbocycles. The molecule has 40 heavy (non-hydrogen) atoms. The number of halogens is 1. The molecule has 6 rings (SSSR count). The number of hydrogen-bond acceptors (Lipinski definition) is 6. The molecule has 1 aromatic heterocycles. The second-order valence-corrected chi connectivity index (χ2v) is 12.1. The van der Waals surface area contributed by atoms with Crippen LogP contribution in [0.3, 0.4) is 0 Å². The topological polar surface area (TPSA) is 86.0 Å². The molecule has 212 valence electrons. The zero-order chi connectivity index (χ0) is 28.2. The summed E-state index contributed by atoms with van der Waals surface area (Å²) in [6.07, 6.45) is 3.06. The van der Waals surface area contributed by atoms with E-state index in [4.69, 9.17) is 9.57 Å². The average Bonchev–Trinajstić information content (AvgIpc) is 3.65. The summed E-state index contributed by atoms with van der Waals surface area (Å²) < 4.78 is 23.7. The molecule has 3 aliphatic rings. The Labute approximate surface area is 231 Å². The Bertz CT molecular complexity index is 1560. The van der Waals surface area contributed by atoms with Crippen molar-refractivity contribution in [2.24, 2.45) is 5.92 Å². The third-order valence-electron chi connectivity index (χ3n) is 7.98. The van der Waals surface area contributed by atoms with Crippen molar-refractivity contribution in [2.75, 3.05) is 24.5 Å².